The van der Waals surface area contributed by atoms with E-state index in [0.29, 0.717) is 32.1 Å². The Hall–Kier alpha value is -3.02. The van der Waals surface area contributed by atoms with Gasteiger partial charge in [0, 0.05) is 16.0 Å². The molecule has 0 aliphatic rings. The van der Waals surface area contributed by atoms with E-state index >= 15 is 0 Å². The summed E-state index contributed by atoms with van der Waals surface area (Å²) in [5.74, 6) is -0.779. The lowest BCUT2D eigenvalue weighted by atomic mass is 10.0. The van der Waals surface area contributed by atoms with Gasteiger partial charge in [0.15, 0.2) is 6.61 Å². The number of fused-ring (bicyclic) bond motifs is 1. The van der Waals surface area contributed by atoms with Gasteiger partial charge in [0.2, 0.25) is 5.78 Å². The highest BCUT2D eigenvalue weighted by Crippen LogP contribution is 2.26. The summed E-state index contributed by atoms with van der Waals surface area (Å²) < 4.78 is 5.30. The second-order valence-corrected chi connectivity index (χ2v) is 7.44. The molecule has 0 saturated carbocycles. The molecule has 0 N–H and O–H groups in total. The van der Waals surface area contributed by atoms with Crippen molar-refractivity contribution in [3.8, 4) is 11.3 Å². The Balaban J connectivity index is 1.67. The van der Waals surface area contributed by atoms with Crippen molar-refractivity contribution >= 4 is 45.6 Å². The zero-order valence-corrected chi connectivity index (χ0v) is 16.2. The Morgan fingerprint density at radius 3 is 2.54 bits per heavy atom. The molecule has 6 heteroatoms. The second-order valence-electron chi connectivity index (χ2n) is 6.06. The molecule has 0 bridgehead atoms. The van der Waals surface area contributed by atoms with Crippen LogP contribution in [0.4, 0.5) is 0 Å². The number of rotatable bonds is 5. The molecule has 4 rings (SSSR count). The number of carbonyl (C=O) groups excluding carboxylic acids is 2. The number of carbonyl (C=O) groups is 2. The van der Waals surface area contributed by atoms with E-state index in [9.17, 15) is 9.59 Å². The predicted molar refractivity (Wildman–Crippen MR) is 111 cm³/mol. The molecule has 2 heterocycles. The number of hydrogen-bond donors (Lipinski definition) is 0. The van der Waals surface area contributed by atoms with Gasteiger partial charge >= 0.3 is 5.97 Å². The summed E-state index contributed by atoms with van der Waals surface area (Å²) in [6, 6.07) is 19.7. The third-order valence-corrected chi connectivity index (χ3v) is 5.37. The quantitative estimate of drug-likeness (QED) is 0.316. The van der Waals surface area contributed by atoms with Crippen LogP contribution in [-0.4, -0.2) is 23.3 Å². The van der Waals surface area contributed by atoms with Crippen LogP contribution in [0.25, 0.3) is 22.2 Å². The number of benzene rings is 2. The summed E-state index contributed by atoms with van der Waals surface area (Å²) in [7, 11) is 0. The number of pyridine rings is 1. The molecule has 0 saturated heterocycles. The van der Waals surface area contributed by atoms with Crippen molar-refractivity contribution in [2.75, 3.05) is 6.61 Å². The van der Waals surface area contributed by atoms with E-state index in [0.717, 1.165) is 5.56 Å². The van der Waals surface area contributed by atoms with Crippen molar-refractivity contribution < 1.29 is 14.3 Å². The number of ether oxygens (including phenoxy) is 1. The minimum Gasteiger partial charge on any atom is -0.454 e. The van der Waals surface area contributed by atoms with Crippen molar-refractivity contribution in [3.05, 3.63) is 87.6 Å². The van der Waals surface area contributed by atoms with Crippen LogP contribution < -0.4 is 0 Å². The number of hydrogen-bond acceptors (Lipinski definition) is 5. The highest BCUT2D eigenvalue weighted by Gasteiger charge is 2.17. The summed E-state index contributed by atoms with van der Waals surface area (Å²) in [6.07, 6.45) is 0. The Bertz CT molecular complexity index is 1150. The molecule has 0 atom stereocenters. The summed E-state index contributed by atoms with van der Waals surface area (Å²) in [5, 5.41) is 3.11. The molecule has 0 aliphatic carbocycles. The van der Waals surface area contributed by atoms with Crippen LogP contribution in [0.2, 0.25) is 5.02 Å². The number of aromatic nitrogens is 1. The van der Waals surface area contributed by atoms with Gasteiger partial charge in [0.25, 0.3) is 0 Å². The van der Waals surface area contributed by atoms with Crippen molar-refractivity contribution in [2.45, 2.75) is 0 Å². The lowest BCUT2D eigenvalue weighted by molar-refractivity contribution is 0.0478. The largest absolute Gasteiger partial charge is 0.454 e. The van der Waals surface area contributed by atoms with Gasteiger partial charge in [-0.3, -0.25) is 4.79 Å². The second kappa shape index (κ2) is 7.92. The molecule has 0 radical (unpaired) electrons. The van der Waals surface area contributed by atoms with Crippen LogP contribution in [0.15, 0.2) is 72.1 Å². The van der Waals surface area contributed by atoms with E-state index < -0.39 is 5.97 Å². The van der Waals surface area contributed by atoms with Gasteiger partial charge in [0.05, 0.1) is 21.7 Å². The number of Topliss-reactive ketones (excluding diaryl/α,β-unsaturated/α-hetero) is 1. The fourth-order valence-corrected chi connectivity index (χ4v) is 3.61. The average Bonchev–Trinajstić information content (AvgIpc) is 3.26. The van der Waals surface area contributed by atoms with Gasteiger partial charge < -0.3 is 4.74 Å². The Morgan fingerprint density at radius 1 is 1.00 bits per heavy atom. The van der Waals surface area contributed by atoms with Crippen molar-refractivity contribution in [2.24, 2.45) is 0 Å². The summed E-state index contributed by atoms with van der Waals surface area (Å²) in [5.41, 5.74) is 2.51. The molecule has 0 amide bonds. The highest BCUT2D eigenvalue weighted by atomic mass is 35.5. The van der Waals surface area contributed by atoms with Crippen LogP contribution in [-0.2, 0) is 4.74 Å². The number of esters is 1. The molecule has 4 aromatic rings. The molecule has 2 aromatic heterocycles. The first kappa shape index (κ1) is 18.3. The molecular weight excluding hydrogens is 394 g/mol. The van der Waals surface area contributed by atoms with E-state index in [2.05, 4.69) is 4.98 Å². The fraction of sp³-hybridized carbons (Fsp3) is 0.0455. The minimum absolute atomic E-state index is 0.223. The van der Waals surface area contributed by atoms with E-state index in [-0.39, 0.29) is 12.4 Å². The van der Waals surface area contributed by atoms with Crippen LogP contribution in [0, 0.1) is 0 Å². The van der Waals surface area contributed by atoms with Gasteiger partial charge in [-0.05, 0) is 35.7 Å². The number of para-hydroxylation sites is 1. The van der Waals surface area contributed by atoms with Crippen molar-refractivity contribution in [1.82, 2.24) is 4.98 Å². The molecule has 4 nitrogen and oxygen atoms in total. The average molecular weight is 408 g/mol. The van der Waals surface area contributed by atoms with Crippen LogP contribution in [0.3, 0.4) is 0 Å². The molecule has 0 unspecified atom stereocenters. The molecule has 28 heavy (non-hydrogen) atoms. The number of ketones is 1. The molecule has 0 fully saturated rings. The number of nitrogens with zero attached hydrogens (tertiary/aromatic N) is 1. The number of halogens is 1. The van der Waals surface area contributed by atoms with Crippen molar-refractivity contribution in [3.63, 3.8) is 0 Å². The first-order valence-corrected chi connectivity index (χ1v) is 9.77. The Labute approximate surface area is 170 Å². The maximum atomic E-state index is 12.8. The standard InChI is InChI=1S/C22H14ClNO3S/c23-15-9-7-14(8-10-15)19-12-17(16-4-1-2-5-18(16)24-19)22(26)27-13-20(25)21-6-3-11-28-21/h1-12H,13H2. The smallest absolute Gasteiger partial charge is 0.339 e. The monoisotopic (exact) mass is 407 g/mol. The molecule has 0 aliphatic heterocycles. The fourth-order valence-electron chi connectivity index (χ4n) is 2.83. The SMILES string of the molecule is O=C(COC(=O)c1cc(-c2ccc(Cl)cc2)nc2ccccc12)c1cccs1. The van der Waals surface area contributed by atoms with Crippen molar-refractivity contribution in [1.29, 1.82) is 0 Å². The van der Waals surface area contributed by atoms with Gasteiger partial charge in [-0.25, -0.2) is 9.78 Å². The molecular formula is C22H14ClNO3S. The van der Waals surface area contributed by atoms with Gasteiger partial charge in [-0.15, -0.1) is 11.3 Å². The van der Waals surface area contributed by atoms with E-state index in [1.807, 2.05) is 41.8 Å². The maximum Gasteiger partial charge on any atom is 0.339 e. The lowest BCUT2D eigenvalue weighted by Crippen LogP contribution is -2.14. The third kappa shape index (κ3) is 3.81. The van der Waals surface area contributed by atoms with E-state index in [1.165, 1.54) is 11.3 Å². The predicted octanol–water partition coefficient (Wildman–Crippen LogP) is 5.66. The Kier molecular flexibility index (Phi) is 5.19. The summed E-state index contributed by atoms with van der Waals surface area (Å²) >= 11 is 7.28. The minimum atomic E-state index is -0.557. The summed E-state index contributed by atoms with van der Waals surface area (Å²) in [4.78, 5) is 30.1. The third-order valence-electron chi connectivity index (χ3n) is 4.21. The Morgan fingerprint density at radius 2 is 1.79 bits per heavy atom. The maximum absolute atomic E-state index is 12.8. The zero-order chi connectivity index (χ0) is 19.5. The van der Waals surface area contributed by atoms with Crippen LogP contribution in [0.5, 0.6) is 0 Å². The van der Waals surface area contributed by atoms with E-state index in [1.54, 1.807) is 30.3 Å². The first-order valence-electron chi connectivity index (χ1n) is 8.51. The number of thiophene rings is 1. The highest BCUT2D eigenvalue weighted by molar-refractivity contribution is 7.12. The first-order chi connectivity index (χ1) is 13.6. The summed E-state index contributed by atoms with van der Waals surface area (Å²) in [6.45, 7) is -0.299. The van der Waals surface area contributed by atoms with Gasteiger partial charge in [-0.1, -0.05) is 48.0 Å². The van der Waals surface area contributed by atoms with E-state index in [4.69, 9.17) is 16.3 Å². The molecule has 138 valence electrons. The molecule has 0 spiro atoms. The van der Waals surface area contributed by atoms with Crippen LogP contribution in [0.1, 0.15) is 20.0 Å². The van der Waals surface area contributed by atoms with Gasteiger partial charge in [-0.2, -0.15) is 0 Å². The normalized spacial score (nSPS) is 10.8. The topological polar surface area (TPSA) is 56.3 Å². The lowest BCUT2D eigenvalue weighted by Gasteiger charge is -2.10. The molecule has 2 aromatic carbocycles. The van der Waals surface area contributed by atoms with Crippen LogP contribution >= 0.6 is 22.9 Å². The van der Waals surface area contributed by atoms with Gasteiger partial charge in [0.1, 0.15) is 0 Å². The zero-order valence-electron chi connectivity index (χ0n) is 14.6.